The van der Waals surface area contributed by atoms with Crippen LogP contribution in [0.15, 0.2) is 88.8 Å². The number of nitrogens with one attached hydrogen (secondary N) is 2. The van der Waals surface area contributed by atoms with Crippen LogP contribution in [0.5, 0.6) is 0 Å². The first-order chi connectivity index (χ1) is 17.0. The molecule has 0 saturated heterocycles. The lowest BCUT2D eigenvalue weighted by Gasteiger charge is -2.10. The molecule has 2 aromatic carbocycles. The first-order valence-corrected chi connectivity index (χ1v) is 12.1. The number of pyridine rings is 2. The molecule has 35 heavy (non-hydrogen) atoms. The number of amides is 1. The predicted molar refractivity (Wildman–Crippen MR) is 142 cm³/mol. The largest absolute Gasteiger partial charge is 0.322 e. The number of hydrogen-bond donors (Lipinski definition) is 2. The van der Waals surface area contributed by atoms with Gasteiger partial charge in [0.25, 0.3) is 5.91 Å². The highest BCUT2D eigenvalue weighted by Crippen LogP contribution is 2.33. The maximum atomic E-state index is 13.0. The molecule has 9 heteroatoms. The van der Waals surface area contributed by atoms with Crippen molar-refractivity contribution < 1.29 is 4.79 Å². The second-order valence-electron chi connectivity index (χ2n) is 7.46. The number of nitrogens with zero attached hydrogens (tertiary/aromatic N) is 3. The topological polar surface area (TPSA) is 83.6 Å². The fourth-order valence-corrected chi connectivity index (χ4v) is 4.90. The van der Waals surface area contributed by atoms with Crippen molar-refractivity contribution in [2.75, 3.05) is 5.32 Å². The van der Waals surface area contributed by atoms with Crippen molar-refractivity contribution in [1.29, 1.82) is 0 Å². The fraction of sp³-hybridized carbons (Fsp3) is 0. The summed E-state index contributed by atoms with van der Waals surface area (Å²) in [5, 5.41) is 11.8. The van der Waals surface area contributed by atoms with E-state index >= 15 is 0 Å². The Hall–Kier alpha value is -3.65. The van der Waals surface area contributed by atoms with Gasteiger partial charge in [-0.25, -0.2) is 4.98 Å². The van der Waals surface area contributed by atoms with E-state index in [4.69, 9.17) is 23.2 Å². The van der Waals surface area contributed by atoms with Gasteiger partial charge < -0.3 is 5.32 Å². The third-order valence-corrected chi connectivity index (χ3v) is 6.50. The highest BCUT2D eigenvalue weighted by molar-refractivity contribution is 7.99. The summed E-state index contributed by atoms with van der Waals surface area (Å²) in [5.41, 5.74) is 3.60. The molecule has 5 aromatic rings. The molecule has 0 aliphatic carbocycles. The highest BCUT2D eigenvalue weighted by atomic mass is 35.5. The number of anilines is 1. The van der Waals surface area contributed by atoms with Crippen LogP contribution in [0.25, 0.3) is 23.1 Å². The van der Waals surface area contributed by atoms with Crippen LogP contribution >= 0.6 is 35.0 Å². The summed E-state index contributed by atoms with van der Waals surface area (Å²) in [6.07, 6.45) is 5.62. The quantitative estimate of drug-likeness (QED) is 0.232. The molecule has 0 unspecified atom stereocenters. The summed E-state index contributed by atoms with van der Waals surface area (Å²) in [4.78, 5) is 23.0. The van der Waals surface area contributed by atoms with E-state index in [9.17, 15) is 4.79 Å². The molecular weight excluding hydrogens is 501 g/mol. The van der Waals surface area contributed by atoms with E-state index in [-0.39, 0.29) is 16.2 Å². The number of aromatic amines is 1. The van der Waals surface area contributed by atoms with Gasteiger partial charge in [0.05, 0.1) is 22.5 Å². The minimum atomic E-state index is -0.268. The molecule has 3 heterocycles. The second-order valence-corrected chi connectivity index (χ2v) is 9.35. The predicted octanol–water partition coefficient (Wildman–Crippen LogP) is 7.23. The van der Waals surface area contributed by atoms with E-state index in [1.54, 1.807) is 24.4 Å². The van der Waals surface area contributed by atoms with Gasteiger partial charge in [-0.1, -0.05) is 53.2 Å². The zero-order valence-corrected chi connectivity index (χ0v) is 20.4. The van der Waals surface area contributed by atoms with Crippen molar-refractivity contribution in [3.63, 3.8) is 0 Å². The van der Waals surface area contributed by atoms with E-state index in [0.29, 0.717) is 11.3 Å². The number of H-pyrrole nitrogens is 1. The standard InChI is InChI=1S/C26H17Cl2N5OS/c27-24-13-17(14-25(28)31-24)30-26(34)20-6-1-2-7-23(20)35-18-9-10-19-21(32-33-22(19)15-18)11-8-16-5-3-4-12-29-16/h1-15H,(H,32,33)(H,30,31,34)/b11-8+. The summed E-state index contributed by atoms with van der Waals surface area (Å²) in [6, 6.07) is 22.3. The summed E-state index contributed by atoms with van der Waals surface area (Å²) in [7, 11) is 0. The molecule has 0 aliphatic rings. The zero-order valence-electron chi connectivity index (χ0n) is 18.1. The second kappa shape index (κ2) is 10.3. The van der Waals surface area contributed by atoms with Gasteiger partial charge in [-0.05, 0) is 66.7 Å². The molecule has 0 saturated carbocycles. The molecule has 0 bridgehead atoms. The van der Waals surface area contributed by atoms with Crippen molar-refractivity contribution in [1.82, 2.24) is 20.2 Å². The van der Waals surface area contributed by atoms with Crippen LogP contribution in [0.4, 0.5) is 5.69 Å². The Labute approximate surface area is 215 Å². The van der Waals surface area contributed by atoms with Crippen LogP contribution in [0.2, 0.25) is 10.3 Å². The molecule has 0 aliphatic heterocycles. The van der Waals surface area contributed by atoms with Crippen molar-refractivity contribution >= 4 is 69.6 Å². The first kappa shape index (κ1) is 23.1. The fourth-order valence-electron chi connectivity index (χ4n) is 3.45. The van der Waals surface area contributed by atoms with Gasteiger partial charge in [0.15, 0.2) is 0 Å². The molecular formula is C26H17Cl2N5OS. The van der Waals surface area contributed by atoms with Gasteiger partial charge in [-0.15, -0.1) is 0 Å². The number of carbonyl (C=O) groups is 1. The van der Waals surface area contributed by atoms with Crippen LogP contribution < -0.4 is 5.32 Å². The number of fused-ring (bicyclic) bond motifs is 1. The number of hydrogen-bond acceptors (Lipinski definition) is 5. The van der Waals surface area contributed by atoms with E-state index in [1.807, 2.05) is 66.7 Å². The first-order valence-electron chi connectivity index (χ1n) is 10.5. The molecule has 0 radical (unpaired) electrons. The molecule has 172 valence electrons. The van der Waals surface area contributed by atoms with Gasteiger partial charge in [0.2, 0.25) is 0 Å². The van der Waals surface area contributed by atoms with Crippen molar-refractivity contribution in [2.24, 2.45) is 0 Å². The SMILES string of the molecule is O=C(Nc1cc(Cl)nc(Cl)c1)c1ccccc1Sc1ccc2c(/C=C/c3ccccn3)n[nH]c2c1. The summed E-state index contributed by atoms with van der Waals surface area (Å²) in [5.74, 6) is -0.268. The Kier molecular flexibility index (Phi) is 6.81. The third kappa shape index (κ3) is 5.54. The maximum absolute atomic E-state index is 13.0. The summed E-state index contributed by atoms with van der Waals surface area (Å²) < 4.78 is 0. The number of carbonyl (C=O) groups excluding carboxylic acids is 1. The lowest BCUT2D eigenvalue weighted by Crippen LogP contribution is -2.13. The Morgan fingerprint density at radius 1 is 0.943 bits per heavy atom. The van der Waals surface area contributed by atoms with Gasteiger partial charge in [0, 0.05) is 27.1 Å². The molecule has 6 nitrogen and oxygen atoms in total. The van der Waals surface area contributed by atoms with E-state index in [1.165, 1.54) is 11.8 Å². The Morgan fingerprint density at radius 3 is 2.54 bits per heavy atom. The minimum Gasteiger partial charge on any atom is -0.322 e. The molecule has 2 N–H and O–H groups in total. The average molecular weight is 518 g/mol. The summed E-state index contributed by atoms with van der Waals surface area (Å²) in [6.45, 7) is 0. The van der Waals surface area contributed by atoms with Crippen LogP contribution in [0.3, 0.4) is 0 Å². The average Bonchev–Trinajstić information content (AvgIpc) is 3.25. The van der Waals surface area contributed by atoms with Crippen LogP contribution in [-0.4, -0.2) is 26.1 Å². The van der Waals surface area contributed by atoms with Crippen LogP contribution in [-0.2, 0) is 0 Å². The summed E-state index contributed by atoms with van der Waals surface area (Å²) >= 11 is 13.4. The van der Waals surface area contributed by atoms with Crippen molar-refractivity contribution in [3.8, 4) is 0 Å². The molecule has 0 spiro atoms. The lowest BCUT2D eigenvalue weighted by atomic mass is 10.2. The molecule has 1 amide bonds. The molecule has 3 aromatic heterocycles. The number of halogens is 2. The Morgan fingerprint density at radius 2 is 1.74 bits per heavy atom. The van der Waals surface area contributed by atoms with Crippen molar-refractivity contribution in [3.05, 3.63) is 106 Å². The maximum Gasteiger partial charge on any atom is 0.256 e. The Bertz CT molecular complexity index is 1530. The monoisotopic (exact) mass is 517 g/mol. The van der Waals surface area contributed by atoms with Gasteiger partial charge >= 0.3 is 0 Å². The number of aromatic nitrogens is 4. The molecule has 0 fully saturated rings. The van der Waals surface area contributed by atoms with E-state index < -0.39 is 0 Å². The normalized spacial score (nSPS) is 11.3. The lowest BCUT2D eigenvalue weighted by molar-refractivity contribution is 0.102. The van der Waals surface area contributed by atoms with Crippen molar-refractivity contribution in [2.45, 2.75) is 9.79 Å². The van der Waals surface area contributed by atoms with Crippen LogP contribution in [0.1, 0.15) is 21.7 Å². The van der Waals surface area contributed by atoms with Crippen LogP contribution in [0, 0.1) is 0 Å². The molecule has 5 rings (SSSR count). The third-order valence-electron chi connectivity index (χ3n) is 5.04. The smallest absolute Gasteiger partial charge is 0.256 e. The number of benzene rings is 2. The van der Waals surface area contributed by atoms with Gasteiger partial charge in [-0.3, -0.25) is 14.9 Å². The van der Waals surface area contributed by atoms with Gasteiger partial charge in [-0.2, -0.15) is 5.10 Å². The minimum absolute atomic E-state index is 0.206. The Balaban J connectivity index is 1.36. The zero-order chi connectivity index (χ0) is 24.2. The van der Waals surface area contributed by atoms with Gasteiger partial charge in [0.1, 0.15) is 10.3 Å². The molecule has 0 atom stereocenters. The van der Waals surface area contributed by atoms with E-state index in [0.717, 1.165) is 32.1 Å². The number of rotatable bonds is 6. The van der Waals surface area contributed by atoms with E-state index in [2.05, 4.69) is 25.5 Å². The highest BCUT2D eigenvalue weighted by Gasteiger charge is 2.14.